The number of carboxylic acids is 1. The molecule has 0 heterocycles. The van der Waals surface area contributed by atoms with Crippen LogP contribution in [-0.4, -0.2) is 21.2 Å². The molecule has 1 atom stereocenters. The molecular weight excluding hydrogens is 275 g/mol. The highest BCUT2D eigenvalue weighted by atomic mass is 127. The van der Waals surface area contributed by atoms with Crippen LogP contribution in [0.25, 0.3) is 0 Å². The maximum atomic E-state index is 10.6. The van der Waals surface area contributed by atoms with Gasteiger partial charge in [0.05, 0.1) is 0 Å². The maximum absolute atomic E-state index is 10.6. The van der Waals surface area contributed by atoms with Crippen LogP contribution in [0.1, 0.15) is 0 Å². The van der Waals surface area contributed by atoms with Gasteiger partial charge in [-0.1, -0.05) is 5.92 Å². The fourth-order valence-electron chi connectivity index (χ4n) is 0.315. The Balaban J connectivity index is 3.92. The number of carbonyl (C=O) groups excluding carboxylic acids is 1. The predicted molar refractivity (Wildman–Crippen MR) is 49.5 cm³/mol. The molecule has 0 amide bonds. The fraction of sp³-hybridized carbons (Fsp3) is 0.143. The Labute approximate surface area is 82.7 Å². The highest BCUT2D eigenvalue weighted by molar-refractivity contribution is 14.1. The van der Waals surface area contributed by atoms with E-state index in [2.05, 4.69) is 10.7 Å². The van der Waals surface area contributed by atoms with Crippen LogP contribution >= 0.6 is 22.6 Å². The molecule has 0 aliphatic heterocycles. The van der Waals surface area contributed by atoms with Crippen molar-refractivity contribution >= 4 is 34.5 Å². The quantitative estimate of drug-likeness (QED) is 0.270. The molecule has 0 saturated carbocycles. The Kier molecular flexibility index (Phi) is 5.12. The van der Waals surface area contributed by atoms with Crippen LogP contribution in [0.15, 0.2) is 12.2 Å². The van der Waals surface area contributed by atoms with E-state index >= 15 is 0 Å². The van der Waals surface area contributed by atoms with Crippen molar-refractivity contribution in [1.29, 1.82) is 0 Å². The molecule has 0 aromatic rings. The molecule has 4 nitrogen and oxygen atoms in total. The SMILES string of the molecule is C#CC(I)OC(=O)/C=C\C(=O)O. The van der Waals surface area contributed by atoms with Gasteiger partial charge in [0.2, 0.25) is 4.11 Å². The second-order valence-electron chi connectivity index (χ2n) is 1.59. The lowest BCUT2D eigenvalue weighted by atomic mass is 10.5. The van der Waals surface area contributed by atoms with Crippen LogP contribution < -0.4 is 0 Å². The van der Waals surface area contributed by atoms with E-state index in [1.807, 2.05) is 0 Å². The molecule has 0 aromatic heterocycles. The molecule has 5 heteroatoms. The summed E-state index contributed by atoms with van der Waals surface area (Å²) in [6.07, 6.45) is 6.38. The number of rotatable bonds is 3. The van der Waals surface area contributed by atoms with Crippen LogP contribution in [0.2, 0.25) is 0 Å². The van der Waals surface area contributed by atoms with E-state index in [0.29, 0.717) is 6.08 Å². The lowest BCUT2D eigenvalue weighted by Gasteiger charge is -2.00. The summed E-state index contributed by atoms with van der Waals surface area (Å²) < 4.78 is 3.84. The van der Waals surface area contributed by atoms with Gasteiger partial charge in [-0.05, 0) is 22.6 Å². The summed E-state index contributed by atoms with van der Waals surface area (Å²) in [5, 5.41) is 8.12. The first kappa shape index (κ1) is 11.0. The number of esters is 1. The normalized spacial score (nSPS) is 12.0. The third-order valence-electron chi connectivity index (χ3n) is 0.713. The first-order valence-electron chi connectivity index (χ1n) is 2.78. The molecule has 1 N–H and O–H groups in total. The van der Waals surface area contributed by atoms with Crippen LogP contribution in [0.3, 0.4) is 0 Å². The number of carbonyl (C=O) groups is 2. The summed E-state index contributed by atoms with van der Waals surface area (Å²) >= 11 is 1.72. The van der Waals surface area contributed by atoms with Crippen molar-refractivity contribution in [2.45, 2.75) is 4.11 Å². The molecule has 0 aliphatic carbocycles. The first-order chi connectivity index (χ1) is 5.56. The summed E-state index contributed by atoms with van der Waals surface area (Å²) in [4.78, 5) is 20.6. The second-order valence-corrected chi connectivity index (χ2v) is 2.72. The second kappa shape index (κ2) is 5.60. The Hall–Kier alpha value is -1.03. The number of carboxylic acid groups (broad SMARTS) is 1. The summed E-state index contributed by atoms with van der Waals surface area (Å²) in [6.45, 7) is 0. The third-order valence-corrected chi connectivity index (χ3v) is 1.33. The van der Waals surface area contributed by atoms with Gasteiger partial charge in [0.15, 0.2) is 0 Å². The van der Waals surface area contributed by atoms with Gasteiger partial charge in [0.25, 0.3) is 0 Å². The maximum Gasteiger partial charge on any atom is 0.332 e. The summed E-state index contributed by atoms with van der Waals surface area (Å²) in [5.74, 6) is 0.167. The average molecular weight is 280 g/mol. The molecule has 12 heavy (non-hydrogen) atoms. The predicted octanol–water partition coefficient (Wildman–Crippen LogP) is 0.565. The molecule has 1 unspecified atom stereocenters. The third kappa shape index (κ3) is 5.73. The number of hydrogen-bond acceptors (Lipinski definition) is 3. The van der Waals surface area contributed by atoms with Crippen molar-refractivity contribution in [2.24, 2.45) is 0 Å². The van der Waals surface area contributed by atoms with Crippen molar-refractivity contribution in [3.8, 4) is 12.3 Å². The van der Waals surface area contributed by atoms with Crippen LogP contribution in [0, 0.1) is 12.3 Å². The fourth-order valence-corrected chi connectivity index (χ4v) is 0.565. The van der Waals surface area contributed by atoms with E-state index in [9.17, 15) is 9.59 Å². The van der Waals surface area contributed by atoms with Gasteiger partial charge >= 0.3 is 11.9 Å². The molecule has 0 rings (SSSR count). The van der Waals surface area contributed by atoms with Gasteiger partial charge in [-0.3, -0.25) is 0 Å². The molecule has 0 spiro atoms. The number of alkyl halides is 1. The van der Waals surface area contributed by atoms with Crippen LogP contribution in [0.5, 0.6) is 0 Å². The number of ether oxygens (including phenoxy) is 1. The monoisotopic (exact) mass is 280 g/mol. The minimum absolute atomic E-state index is 0.673. The molecule has 0 aliphatic rings. The van der Waals surface area contributed by atoms with Crippen molar-refractivity contribution in [3.05, 3.63) is 12.2 Å². The standard InChI is InChI=1S/C7H5IO4/c1-2-5(8)12-7(11)4-3-6(9)10/h1,3-5H,(H,9,10)/b4-3-. The molecule has 0 saturated heterocycles. The number of terminal acetylenes is 1. The van der Waals surface area contributed by atoms with Gasteiger partial charge in [-0.15, -0.1) is 6.42 Å². The Morgan fingerprint density at radius 3 is 2.58 bits per heavy atom. The summed E-state index contributed by atoms with van der Waals surface area (Å²) in [7, 11) is 0. The van der Waals surface area contributed by atoms with Crippen LogP contribution in [-0.2, 0) is 14.3 Å². The van der Waals surface area contributed by atoms with E-state index in [0.717, 1.165) is 6.08 Å². The lowest BCUT2D eigenvalue weighted by molar-refractivity contribution is -0.138. The van der Waals surface area contributed by atoms with Gasteiger partial charge in [0.1, 0.15) is 0 Å². The summed E-state index contributed by atoms with van der Waals surface area (Å²) in [6, 6.07) is 0. The van der Waals surface area contributed by atoms with Gasteiger partial charge in [0, 0.05) is 12.2 Å². The Morgan fingerprint density at radius 2 is 2.17 bits per heavy atom. The molecular formula is C7H5IO4. The largest absolute Gasteiger partial charge is 0.478 e. The van der Waals surface area contributed by atoms with Gasteiger partial charge in [-0.2, -0.15) is 0 Å². The molecule has 0 aromatic carbocycles. The van der Waals surface area contributed by atoms with E-state index in [4.69, 9.17) is 11.5 Å². The highest BCUT2D eigenvalue weighted by Crippen LogP contribution is 2.00. The smallest absolute Gasteiger partial charge is 0.332 e. The lowest BCUT2D eigenvalue weighted by Crippen LogP contribution is -2.07. The minimum atomic E-state index is -1.21. The van der Waals surface area contributed by atoms with Crippen LogP contribution in [0.4, 0.5) is 0 Å². The molecule has 0 bridgehead atoms. The van der Waals surface area contributed by atoms with E-state index < -0.39 is 16.0 Å². The van der Waals surface area contributed by atoms with Crippen molar-refractivity contribution in [2.75, 3.05) is 0 Å². The van der Waals surface area contributed by atoms with E-state index in [1.54, 1.807) is 22.6 Å². The van der Waals surface area contributed by atoms with Crippen molar-refractivity contribution in [1.82, 2.24) is 0 Å². The van der Waals surface area contributed by atoms with Crippen molar-refractivity contribution < 1.29 is 19.4 Å². The molecule has 0 fully saturated rings. The Morgan fingerprint density at radius 1 is 1.58 bits per heavy atom. The number of hydrogen-bond donors (Lipinski definition) is 1. The molecule has 0 radical (unpaired) electrons. The van der Waals surface area contributed by atoms with E-state index in [1.165, 1.54) is 0 Å². The first-order valence-corrected chi connectivity index (χ1v) is 4.02. The Bertz CT molecular complexity index is 251. The minimum Gasteiger partial charge on any atom is -0.478 e. The van der Waals surface area contributed by atoms with Gasteiger partial charge in [-0.25, -0.2) is 9.59 Å². The van der Waals surface area contributed by atoms with Crippen molar-refractivity contribution in [3.63, 3.8) is 0 Å². The zero-order chi connectivity index (χ0) is 9.56. The average Bonchev–Trinajstić information content (AvgIpc) is 2.00. The van der Waals surface area contributed by atoms with E-state index in [-0.39, 0.29) is 0 Å². The topological polar surface area (TPSA) is 63.6 Å². The summed E-state index contributed by atoms with van der Waals surface area (Å²) in [5.41, 5.74) is 0. The zero-order valence-corrected chi connectivity index (χ0v) is 8.02. The highest BCUT2D eigenvalue weighted by Gasteiger charge is 2.03. The van der Waals surface area contributed by atoms with Gasteiger partial charge < -0.3 is 9.84 Å². The number of aliphatic carboxylic acids is 1. The molecule has 64 valence electrons. The zero-order valence-electron chi connectivity index (χ0n) is 5.86. The number of halogens is 1.